The van der Waals surface area contributed by atoms with Crippen LogP contribution in [0.2, 0.25) is 0 Å². The van der Waals surface area contributed by atoms with E-state index >= 15 is 0 Å². The molecular weight excluding hydrogens is 531 g/mol. The Morgan fingerprint density at radius 1 is 1.26 bits per heavy atom. The van der Waals surface area contributed by atoms with Crippen LogP contribution in [0.15, 0.2) is 18.2 Å². The maximum absolute atomic E-state index is 13.4. The minimum absolute atomic E-state index is 0.00203. The highest BCUT2D eigenvalue weighted by molar-refractivity contribution is 6.08. The summed E-state index contributed by atoms with van der Waals surface area (Å²) in [6.07, 6.45) is -2.13. The quantitative estimate of drug-likeness (QED) is 0.305. The molecule has 5 rings (SSSR count). The normalized spacial score (nSPS) is 21.1. The van der Waals surface area contributed by atoms with Crippen molar-refractivity contribution in [2.45, 2.75) is 69.0 Å². The third-order valence-corrected chi connectivity index (χ3v) is 7.27. The number of aromatic nitrogens is 2. The van der Waals surface area contributed by atoms with E-state index in [1.165, 1.54) is 16.8 Å². The van der Waals surface area contributed by atoms with Crippen LogP contribution >= 0.6 is 0 Å². The van der Waals surface area contributed by atoms with Crippen LogP contribution in [0, 0.1) is 0 Å². The van der Waals surface area contributed by atoms with E-state index in [1.54, 1.807) is 6.07 Å². The Bertz CT molecular complexity index is 1280. The SMILES string of the molecule is O=C1N[C@@]2(CCc3cc(OCC(F)(F)F)ccc32)Cc2nn(CCCOC(F)F)c(C(=O)NCC3(O)CC3)c21. The lowest BCUT2D eigenvalue weighted by Gasteiger charge is -2.35. The maximum Gasteiger partial charge on any atom is 0.422 e. The lowest BCUT2D eigenvalue weighted by Crippen LogP contribution is -2.50. The zero-order chi connectivity index (χ0) is 28.0. The molecule has 2 aromatic rings. The first kappa shape index (κ1) is 27.3. The Hall–Kier alpha value is -3.26. The van der Waals surface area contributed by atoms with Crippen LogP contribution < -0.4 is 15.4 Å². The summed E-state index contributed by atoms with van der Waals surface area (Å²) in [7, 11) is 0. The number of carbonyl (C=O) groups excluding carboxylic acids is 2. The number of aliphatic hydroxyl groups is 1. The number of hydrogen-bond donors (Lipinski definition) is 3. The number of carbonyl (C=O) groups is 2. The van der Waals surface area contributed by atoms with Gasteiger partial charge in [0.1, 0.15) is 11.4 Å². The number of nitrogens with one attached hydrogen (secondary N) is 2. The standard InChI is InChI=1S/C25H27F5N4O5/c26-22(27)38-9-1-8-34-19(21(36)31-12-23(37)6-7-23)18-17(33-34)11-24(32-20(18)35)5-4-14-10-15(2-3-16(14)24)39-13-25(28,29)30/h2-3,10,22,37H,1,4-9,11-13H2,(H,31,36)(H,32,35)/t24-/m0/s1. The molecule has 3 aliphatic rings. The van der Waals surface area contributed by atoms with Crippen molar-refractivity contribution in [3.8, 4) is 5.75 Å². The average Bonchev–Trinajstić information content (AvgIpc) is 3.34. The van der Waals surface area contributed by atoms with Gasteiger partial charge in [-0.1, -0.05) is 6.07 Å². The summed E-state index contributed by atoms with van der Waals surface area (Å²) in [6, 6.07) is 4.57. The van der Waals surface area contributed by atoms with Crippen molar-refractivity contribution in [2.24, 2.45) is 0 Å². The third kappa shape index (κ3) is 5.86. The summed E-state index contributed by atoms with van der Waals surface area (Å²) in [4.78, 5) is 26.6. The smallest absolute Gasteiger partial charge is 0.422 e. The van der Waals surface area contributed by atoms with Crippen molar-refractivity contribution < 1.29 is 46.1 Å². The van der Waals surface area contributed by atoms with E-state index in [-0.39, 0.29) is 49.5 Å². The van der Waals surface area contributed by atoms with Crippen LogP contribution in [0.3, 0.4) is 0 Å². The number of alkyl halides is 5. The number of benzene rings is 1. The molecule has 1 saturated carbocycles. The molecule has 14 heteroatoms. The van der Waals surface area contributed by atoms with Gasteiger partial charge in [0.25, 0.3) is 11.8 Å². The van der Waals surface area contributed by atoms with Crippen molar-refractivity contribution in [3.05, 3.63) is 46.3 Å². The monoisotopic (exact) mass is 558 g/mol. The molecule has 2 heterocycles. The fraction of sp³-hybridized carbons (Fsp3) is 0.560. The van der Waals surface area contributed by atoms with Gasteiger partial charge in [-0.05, 0) is 55.4 Å². The van der Waals surface area contributed by atoms with Crippen molar-refractivity contribution >= 4 is 11.8 Å². The largest absolute Gasteiger partial charge is 0.484 e. The highest BCUT2D eigenvalue weighted by Crippen LogP contribution is 2.44. The molecule has 1 fully saturated rings. The Morgan fingerprint density at radius 3 is 2.72 bits per heavy atom. The molecule has 212 valence electrons. The van der Waals surface area contributed by atoms with E-state index < -0.39 is 42.3 Å². The molecule has 2 amide bonds. The van der Waals surface area contributed by atoms with E-state index in [0.29, 0.717) is 31.4 Å². The number of halogens is 5. The van der Waals surface area contributed by atoms with Gasteiger partial charge < -0.3 is 25.2 Å². The molecule has 1 aliphatic heterocycles. The lowest BCUT2D eigenvalue weighted by atomic mass is 9.82. The molecule has 0 bridgehead atoms. The molecule has 1 aromatic heterocycles. The number of nitrogens with zero attached hydrogens (tertiary/aromatic N) is 2. The molecule has 1 spiro atoms. The van der Waals surface area contributed by atoms with Crippen LogP contribution in [0.25, 0.3) is 0 Å². The van der Waals surface area contributed by atoms with Gasteiger partial charge in [-0.3, -0.25) is 14.3 Å². The number of ether oxygens (including phenoxy) is 2. The fourth-order valence-electron chi connectivity index (χ4n) is 5.21. The average molecular weight is 559 g/mol. The maximum atomic E-state index is 13.4. The zero-order valence-corrected chi connectivity index (χ0v) is 20.7. The second-order valence-electron chi connectivity index (χ2n) is 10.2. The predicted octanol–water partition coefficient (Wildman–Crippen LogP) is 2.84. The van der Waals surface area contributed by atoms with Gasteiger partial charge in [0.2, 0.25) is 0 Å². The van der Waals surface area contributed by atoms with Crippen LogP contribution in [-0.2, 0) is 29.7 Å². The van der Waals surface area contributed by atoms with Crippen LogP contribution in [0.5, 0.6) is 5.75 Å². The van der Waals surface area contributed by atoms with Crippen LogP contribution in [0.4, 0.5) is 22.0 Å². The van der Waals surface area contributed by atoms with Crippen molar-refractivity contribution in [1.82, 2.24) is 20.4 Å². The minimum Gasteiger partial charge on any atom is -0.484 e. The van der Waals surface area contributed by atoms with Gasteiger partial charge >= 0.3 is 12.8 Å². The molecular formula is C25H27F5N4O5. The summed E-state index contributed by atoms with van der Waals surface area (Å²) in [5.74, 6) is -1.10. The Morgan fingerprint density at radius 2 is 2.03 bits per heavy atom. The van der Waals surface area contributed by atoms with Gasteiger partial charge in [-0.25, -0.2) is 0 Å². The highest BCUT2D eigenvalue weighted by atomic mass is 19.4. The molecule has 3 N–H and O–H groups in total. The first-order chi connectivity index (χ1) is 18.4. The molecule has 0 unspecified atom stereocenters. The fourth-order valence-corrected chi connectivity index (χ4v) is 5.21. The summed E-state index contributed by atoms with van der Waals surface area (Å²) >= 11 is 0. The van der Waals surface area contributed by atoms with Crippen molar-refractivity contribution in [2.75, 3.05) is 19.8 Å². The summed E-state index contributed by atoms with van der Waals surface area (Å²) in [5, 5.41) is 20.2. The lowest BCUT2D eigenvalue weighted by molar-refractivity contribution is -0.153. The Kier molecular flexibility index (Phi) is 7.04. The van der Waals surface area contributed by atoms with E-state index in [2.05, 4.69) is 20.5 Å². The summed E-state index contributed by atoms with van der Waals surface area (Å²) in [5.41, 5.74) is -0.0260. The van der Waals surface area contributed by atoms with Crippen molar-refractivity contribution in [3.63, 3.8) is 0 Å². The number of amides is 2. The minimum atomic E-state index is -4.47. The van der Waals surface area contributed by atoms with E-state index in [1.807, 2.05) is 0 Å². The molecule has 9 nitrogen and oxygen atoms in total. The zero-order valence-electron chi connectivity index (χ0n) is 20.7. The molecule has 39 heavy (non-hydrogen) atoms. The number of fused-ring (bicyclic) bond motifs is 3. The van der Waals surface area contributed by atoms with E-state index in [4.69, 9.17) is 4.74 Å². The van der Waals surface area contributed by atoms with Gasteiger partial charge in [-0.15, -0.1) is 0 Å². The van der Waals surface area contributed by atoms with Gasteiger partial charge in [-0.2, -0.15) is 27.1 Å². The Balaban J connectivity index is 1.40. The third-order valence-electron chi connectivity index (χ3n) is 7.27. The number of rotatable bonds is 10. The summed E-state index contributed by atoms with van der Waals surface area (Å²) < 4.78 is 72.9. The number of hydrogen-bond acceptors (Lipinski definition) is 6. The van der Waals surface area contributed by atoms with Crippen LogP contribution in [-0.4, -0.2) is 64.8 Å². The van der Waals surface area contributed by atoms with Gasteiger partial charge in [0.15, 0.2) is 6.61 Å². The molecule has 1 atom stereocenters. The number of aryl methyl sites for hydroxylation is 2. The first-order valence-electron chi connectivity index (χ1n) is 12.5. The van der Waals surface area contributed by atoms with Gasteiger partial charge in [0.05, 0.1) is 29.0 Å². The molecule has 2 aliphatic carbocycles. The van der Waals surface area contributed by atoms with E-state index in [0.717, 1.165) is 11.1 Å². The summed E-state index contributed by atoms with van der Waals surface area (Å²) in [6.45, 7) is -4.61. The second-order valence-corrected chi connectivity index (χ2v) is 10.2. The molecule has 0 saturated heterocycles. The second kappa shape index (κ2) is 10.0. The van der Waals surface area contributed by atoms with Crippen LogP contribution in [0.1, 0.15) is 63.4 Å². The van der Waals surface area contributed by atoms with Gasteiger partial charge in [0, 0.05) is 19.5 Å². The van der Waals surface area contributed by atoms with Crippen molar-refractivity contribution in [1.29, 1.82) is 0 Å². The predicted molar refractivity (Wildman–Crippen MR) is 124 cm³/mol. The molecule has 1 aromatic carbocycles. The topological polar surface area (TPSA) is 115 Å². The molecule has 0 radical (unpaired) electrons. The first-order valence-corrected chi connectivity index (χ1v) is 12.5. The van der Waals surface area contributed by atoms with E-state index in [9.17, 15) is 36.6 Å². The highest BCUT2D eigenvalue weighted by Gasteiger charge is 2.47. The Labute approximate surface area is 219 Å².